The lowest BCUT2D eigenvalue weighted by Gasteiger charge is -2.30. The van der Waals surface area contributed by atoms with Gasteiger partial charge in [-0.15, -0.1) is 11.3 Å². The highest BCUT2D eigenvalue weighted by molar-refractivity contribution is 7.68. The number of hydrogen-bond donors (Lipinski definition) is 0. The third kappa shape index (κ3) is 3.28. The number of rotatable bonds is 5. The second-order valence-corrected chi connectivity index (χ2v) is 10.8. The molecule has 0 amide bonds. The van der Waals surface area contributed by atoms with Crippen molar-refractivity contribution in [2.24, 2.45) is 0 Å². The first-order valence-electron chi connectivity index (χ1n) is 9.37. The van der Waals surface area contributed by atoms with Crippen molar-refractivity contribution < 1.29 is 4.74 Å². The van der Waals surface area contributed by atoms with Crippen LogP contribution in [0.2, 0.25) is 0 Å². The third-order valence-corrected chi connectivity index (χ3v) is 10.4. The molecule has 2 aliphatic carbocycles. The van der Waals surface area contributed by atoms with Crippen molar-refractivity contribution in [2.45, 2.75) is 62.7 Å². The van der Waals surface area contributed by atoms with Crippen LogP contribution in [0.25, 0.3) is 10.4 Å². The molecule has 1 aromatic carbocycles. The summed E-state index contributed by atoms with van der Waals surface area (Å²) >= 11 is 1.94. The third-order valence-electron chi connectivity index (χ3n) is 5.71. The van der Waals surface area contributed by atoms with Crippen LogP contribution in [-0.2, 0) is 0 Å². The van der Waals surface area contributed by atoms with Crippen LogP contribution in [0.1, 0.15) is 51.4 Å². The molecule has 128 valence electrons. The Balaban J connectivity index is 1.69. The number of ether oxygens (including phenoxy) is 1. The molecule has 2 aliphatic rings. The minimum absolute atomic E-state index is 0.00248. The van der Waals surface area contributed by atoms with E-state index in [1.54, 1.807) is 12.4 Å². The van der Waals surface area contributed by atoms with E-state index >= 15 is 0 Å². The van der Waals surface area contributed by atoms with Gasteiger partial charge in [0.15, 0.2) is 0 Å². The highest BCUT2D eigenvalue weighted by Crippen LogP contribution is 2.58. The molecule has 3 heteroatoms. The number of benzene rings is 1. The Morgan fingerprint density at radius 3 is 2.00 bits per heavy atom. The van der Waals surface area contributed by atoms with Crippen LogP contribution in [0.4, 0.5) is 0 Å². The van der Waals surface area contributed by atoms with Crippen LogP contribution >= 0.6 is 19.3 Å². The van der Waals surface area contributed by atoms with E-state index in [-0.39, 0.29) is 7.92 Å². The van der Waals surface area contributed by atoms with Gasteiger partial charge in [0, 0.05) is 4.88 Å². The van der Waals surface area contributed by atoms with Gasteiger partial charge in [0.1, 0.15) is 5.75 Å². The van der Waals surface area contributed by atoms with Gasteiger partial charge in [-0.1, -0.05) is 33.6 Å². The smallest absolute Gasteiger partial charge is 0.118 e. The molecule has 0 radical (unpaired) electrons. The first kappa shape index (κ1) is 16.6. The van der Waals surface area contributed by atoms with Crippen molar-refractivity contribution >= 4 is 24.6 Å². The molecule has 2 aromatic rings. The van der Waals surface area contributed by atoms with Crippen LogP contribution in [0, 0.1) is 0 Å². The summed E-state index contributed by atoms with van der Waals surface area (Å²) in [7, 11) is 1.74. The summed E-state index contributed by atoms with van der Waals surface area (Å²) in [4.78, 5) is 1.53. The zero-order valence-corrected chi connectivity index (χ0v) is 16.3. The molecule has 0 bridgehead atoms. The summed E-state index contributed by atoms with van der Waals surface area (Å²) < 4.78 is 5.33. The van der Waals surface area contributed by atoms with E-state index in [2.05, 4.69) is 35.7 Å². The molecule has 0 saturated heterocycles. The predicted molar refractivity (Wildman–Crippen MR) is 107 cm³/mol. The van der Waals surface area contributed by atoms with Gasteiger partial charge >= 0.3 is 0 Å². The number of methoxy groups -OCH3 is 1. The summed E-state index contributed by atoms with van der Waals surface area (Å²) in [5.41, 5.74) is 3.34. The van der Waals surface area contributed by atoms with E-state index in [1.165, 1.54) is 61.8 Å². The molecule has 2 saturated carbocycles. The van der Waals surface area contributed by atoms with Crippen LogP contribution in [0.15, 0.2) is 35.7 Å². The zero-order valence-electron chi connectivity index (χ0n) is 14.5. The van der Waals surface area contributed by atoms with Gasteiger partial charge in [-0.05, 0) is 83.6 Å². The van der Waals surface area contributed by atoms with Crippen LogP contribution in [0.5, 0.6) is 5.75 Å². The Morgan fingerprint density at radius 2 is 1.46 bits per heavy atom. The molecule has 0 aliphatic heterocycles. The quantitative estimate of drug-likeness (QED) is 0.561. The Morgan fingerprint density at radius 1 is 0.875 bits per heavy atom. The summed E-state index contributed by atoms with van der Waals surface area (Å²) in [5, 5.41) is 4.03. The van der Waals surface area contributed by atoms with Crippen molar-refractivity contribution in [1.29, 1.82) is 0 Å². The molecular formula is C21H27OPS. The standard InChI is InChI=1S/C21H27OPS/c1-22-17-12-10-16(11-13-17)21-20(14-15-24-21)23(18-6-2-3-7-18)19-8-4-5-9-19/h10-15,18-19H,2-9H2,1H3. The summed E-state index contributed by atoms with van der Waals surface area (Å²) in [5.74, 6) is 0.950. The minimum Gasteiger partial charge on any atom is -0.497 e. The van der Waals surface area contributed by atoms with Gasteiger partial charge in [0.25, 0.3) is 0 Å². The Hall–Kier alpha value is -0.850. The molecule has 1 aromatic heterocycles. The van der Waals surface area contributed by atoms with Gasteiger partial charge in [-0.25, -0.2) is 0 Å². The number of hydrogen-bond acceptors (Lipinski definition) is 2. The van der Waals surface area contributed by atoms with Crippen molar-refractivity contribution in [2.75, 3.05) is 7.11 Å². The van der Waals surface area contributed by atoms with Gasteiger partial charge < -0.3 is 4.74 Å². The molecule has 1 nitrogen and oxygen atoms in total. The van der Waals surface area contributed by atoms with Crippen LogP contribution < -0.4 is 10.0 Å². The van der Waals surface area contributed by atoms with Crippen molar-refractivity contribution in [3.63, 3.8) is 0 Å². The minimum atomic E-state index is 0.00248. The fourth-order valence-electron chi connectivity index (χ4n) is 4.52. The molecule has 2 fully saturated rings. The lowest BCUT2D eigenvalue weighted by Crippen LogP contribution is -2.19. The Kier molecular flexibility index (Phi) is 5.25. The summed E-state index contributed by atoms with van der Waals surface area (Å²) in [6, 6.07) is 11.2. The second-order valence-electron chi connectivity index (χ2n) is 7.15. The van der Waals surface area contributed by atoms with Crippen molar-refractivity contribution in [3.8, 4) is 16.2 Å². The van der Waals surface area contributed by atoms with Gasteiger partial charge in [0.2, 0.25) is 0 Å². The van der Waals surface area contributed by atoms with E-state index in [1.807, 2.05) is 11.3 Å². The van der Waals surface area contributed by atoms with Gasteiger partial charge in [0.05, 0.1) is 7.11 Å². The molecular weight excluding hydrogens is 331 g/mol. The predicted octanol–water partition coefficient (Wildman–Crippen LogP) is 6.42. The van der Waals surface area contributed by atoms with Crippen molar-refractivity contribution in [3.05, 3.63) is 35.7 Å². The summed E-state index contributed by atoms with van der Waals surface area (Å²) in [6.45, 7) is 0. The van der Waals surface area contributed by atoms with Crippen LogP contribution in [-0.4, -0.2) is 18.4 Å². The average Bonchev–Trinajstić information content (AvgIpc) is 3.39. The van der Waals surface area contributed by atoms with E-state index in [4.69, 9.17) is 4.74 Å². The highest BCUT2D eigenvalue weighted by atomic mass is 32.1. The lowest BCUT2D eigenvalue weighted by molar-refractivity contribution is 0.415. The molecule has 1 heterocycles. The molecule has 0 N–H and O–H groups in total. The Labute approximate surface area is 151 Å². The maximum Gasteiger partial charge on any atom is 0.118 e. The SMILES string of the molecule is COc1ccc(-c2sccc2P(C2CCCC2)C2CCCC2)cc1. The first-order valence-corrected chi connectivity index (χ1v) is 11.7. The Bertz CT molecular complexity index is 635. The largest absolute Gasteiger partial charge is 0.497 e. The van der Waals surface area contributed by atoms with Gasteiger partial charge in [-0.3, -0.25) is 0 Å². The lowest BCUT2D eigenvalue weighted by atomic mass is 10.2. The monoisotopic (exact) mass is 358 g/mol. The molecule has 0 atom stereocenters. The molecule has 24 heavy (non-hydrogen) atoms. The van der Waals surface area contributed by atoms with Crippen LogP contribution in [0.3, 0.4) is 0 Å². The molecule has 0 spiro atoms. The normalized spacial score (nSPS) is 19.4. The van der Waals surface area contributed by atoms with E-state index in [0.29, 0.717) is 0 Å². The van der Waals surface area contributed by atoms with E-state index in [9.17, 15) is 0 Å². The van der Waals surface area contributed by atoms with Crippen molar-refractivity contribution in [1.82, 2.24) is 0 Å². The maximum absolute atomic E-state index is 5.33. The first-order chi connectivity index (χ1) is 11.9. The second kappa shape index (κ2) is 7.58. The fraction of sp³-hybridized carbons (Fsp3) is 0.524. The van der Waals surface area contributed by atoms with E-state index < -0.39 is 0 Å². The topological polar surface area (TPSA) is 9.23 Å². The highest BCUT2D eigenvalue weighted by Gasteiger charge is 2.35. The molecule has 4 rings (SSSR count). The maximum atomic E-state index is 5.33. The van der Waals surface area contributed by atoms with Gasteiger partial charge in [-0.2, -0.15) is 0 Å². The molecule has 0 unspecified atom stereocenters. The fourth-order valence-corrected chi connectivity index (χ4v) is 9.73. The van der Waals surface area contributed by atoms with E-state index in [0.717, 1.165) is 17.1 Å². The number of thiophene rings is 1. The zero-order chi connectivity index (χ0) is 16.4. The summed E-state index contributed by atoms with van der Waals surface area (Å²) in [6.07, 6.45) is 11.7. The average molecular weight is 358 g/mol.